The van der Waals surface area contributed by atoms with Gasteiger partial charge in [0, 0.05) is 11.8 Å². The maximum absolute atomic E-state index is 14.0. The standard InChI is InChI=1S/C30H31F2N3O4S/c1-30(2,3)39-28(37)23-13-8-19-15-24(34-29(40)33-22-11-9-20(31)10-12-22)26(38-4)16-25(19)35(27(23)36)17-18-6-5-7-21(32)14-18/h5-7,9-12,14-16,23H,8,13,17H2,1-4H3,(H2,33,34,40). The Kier molecular flexibility index (Phi) is 8.68. The van der Waals surface area contributed by atoms with E-state index < -0.39 is 29.2 Å². The number of hydrogen-bond acceptors (Lipinski definition) is 5. The van der Waals surface area contributed by atoms with Crippen LogP contribution in [0.15, 0.2) is 60.7 Å². The lowest BCUT2D eigenvalue weighted by molar-refractivity contribution is -0.162. The monoisotopic (exact) mass is 567 g/mol. The molecule has 2 N–H and O–H groups in total. The van der Waals surface area contributed by atoms with Gasteiger partial charge in [0.25, 0.3) is 0 Å². The molecular weight excluding hydrogens is 536 g/mol. The number of halogens is 2. The Morgan fingerprint density at radius 3 is 2.42 bits per heavy atom. The number of benzene rings is 3. The summed E-state index contributed by atoms with van der Waals surface area (Å²) >= 11 is 5.45. The summed E-state index contributed by atoms with van der Waals surface area (Å²) in [6.45, 7) is 5.29. The molecule has 7 nitrogen and oxygen atoms in total. The second-order valence-corrected chi connectivity index (χ2v) is 10.9. The number of ether oxygens (including phenoxy) is 2. The van der Waals surface area contributed by atoms with E-state index >= 15 is 0 Å². The number of nitrogens with zero attached hydrogens (tertiary/aromatic N) is 1. The third-order valence-electron chi connectivity index (χ3n) is 6.23. The van der Waals surface area contributed by atoms with Crippen molar-refractivity contribution < 1.29 is 27.8 Å². The van der Waals surface area contributed by atoms with Crippen LogP contribution in [0.4, 0.5) is 25.8 Å². The van der Waals surface area contributed by atoms with Crippen LogP contribution in [0.3, 0.4) is 0 Å². The topological polar surface area (TPSA) is 79.9 Å². The van der Waals surface area contributed by atoms with Crippen molar-refractivity contribution in [2.24, 2.45) is 5.92 Å². The van der Waals surface area contributed by atoms with Crippen LogP contribution in [0.1, 0.15) is 38.3 Å². The summed E-state index contributed by atoms with van der Waals surface area (Å²) in [7, 11) is 1.49. The Morgan fingerprint density at radius 2 is 1.77 bits per heavy atom. The van der Waals surface area contributed by atoms with Crippen molar-refractivity contribution in [1.29, 1.82) is 0 Å². The van der Waals surface area contributed by atoms with Gasteiger partial charge < -0.3 is 25.0 Å². The van der Waals surface area contributed by atoms with Crippen LogP contribution in [-0.2, 0) is 27.3 Å². The van der Waals surface area contributed by atoms with Crippen molar-refractivity contribution in [3.05, 3.63) is 83.4 Å². The number of carbonyl (C=O) groups excluding carboxylic acids is 2. The minimum Gasteiger partial charge on any atom is -0.494 e. The van der Waals surface area contributed by atoms with E-state index in [2.05, 4.69) is 10.6 Å². The van der Waals surface area contributed by atoms with Gasteiger partial charge >= 0.3 is 5.97 Å². The molecule has 4 rings (SSSR count). The molecule has 0 saturated carbocycles. The second-order valence-electron chi connectivity index (χ2n) is 10.4. The third kappa shape index (κ3) is 7.12. The van der Waals surface area contributed by atoms with Gasteiger partial charge in [-0.1, -0.05) is 12.1 Å². The first-order valence-electron chi connectivity index (χ1n) is 12.8. The summed E-state index contributed by atoms with van der Waals surface area (Å²) in [5, 5.41) is 6.34. The number of aryl methyl sites for hydroxylation is 1. The van der Waals surface area contributed by atoms with Gasteiger partial charge in [0.1, 0.15) is 28.9 Å². The fourth-order valence-electron chi connectivity index (χ4n) is 4.45. The highest BCUT2D eigenvalue weighted by Crippen LogP contribution is 2.39. The minimum atomic E-state index is -1.04. The van der Waals surface area contributed by atoms with E-state index in [-0.39, 0.29) is 23.9 Å². The number of fused-ring (bicyclic) bond motifs is 1. The smallest absolute Gasteiger partial charge is 0.319 e. The fourth-order valence-corrected chi connectivity index (χ4v) is 4.68. The van der Waals surface area contributed by atoms with Gasteiger partial charge in [-0.05, 0) is 99.4 Å². The van der Waals surface area contributed by atoms with E-state index in [0.717, 1.165) is 5.56 Å². The first-order valence-corrected chi connectivity index (χ1v) is 13.2. The van der Waals surface area contributed by atoms with Crippen molar-refractivity contribution in [1.82, 2.24) is 0 Å². The van der Waals surface area contributed by atoms with E-state index in [1.807, 2.05) is 6.07 Å². The molecule has 0 spiro atoms. The van der Waals surface area contributed by atoms with Gasteiger partial charge in [0.15, 0.2) is 5.11 Å². The maximum Gasteiger partial charge on any atom is 0.319 e. The number of amides is 1. The highest BCUT2D eigenvalue weighted by Gasteiger charge is 2.38. The van der Waals surface area contributed by atoms with Gasteiger partial charge in [-0.3, -0.25) is 9.59 Å². The normalized spacial score (nSPS) is 15.1. The number of thiocarbonyl (C=S) groups is 1. The molecule has 0 aromatic heterocycles. The molecule has 1 heterocycles. The van der Waals surface area contributed by atoms with Crippen molar-refractivity contribution in [3.8, 4) is 5.75 Å². The highest BCUT2D eigenvalue weighted by atomic mass is 32.1. The molecule has 0 bridgehead atoms. The summed E-state index contributed by atoms with van der Waals surface area (Å²) < 4.78 is 38.5. The summed E-state index contributed by atoms with van der Waals surface area (Å²) in [6, 6.07) is 15.2. The molecule has 1 unspecified atom stereocenters. The lowest BCUT2D eigenvalue weighted by Crippen LogP contribution is -2.41. The van der Waals surface area contributed by atoms with Crippen LogP contribution in [0.25, 0.3) is 0 Å². The average molecular weight is 568 g/mol. The Labute approximate surface area is 237 Å². The first-order chi connectivity index (χ1) is 18.9. The molecule has 3 aromatic rings. The van der Waals surface area contributed by atoms with E-state index in [1.54, 1.807) is 51.1 Å². The van der Waals surface area contributed by atoms with Crippen LogP contribution >= 0.6 is 12.2 Å². The summed E-state index contributed by atoms with van der Waals surface area (Å²) in [5.41, 5.74) is 2.24. The number of methoxy groups -OCH3 is 1. The molecule has 0 fully saturated rings. The van der Waals surface area contributed by atoms with Gasteiger partial charge in [0.05, 0.1) is 25.0 Å². The number of hydrogen-bond donors (Lipinski definition) is 2. The molecule has 1 aliphatic rings. The van der Waals surface area contributed by atoms with Gasteiger partial charge in [-0.15, -0.1) is 0 Å². The Bertz CT molecular complexity index is 1420. The summed E-state index contributed by atoms with van der Waals surface area (Å²) in [4.78, 5) is 28.4. The molecule has 0 radical (unpaired) electrons. The Morgan fingerprint density at radius 1 is 1.05 bits per heavy atom. The highest BCUT2D eigenvalue weighted by molar-refractivity contribution is 7.80. The van der Waals surface area contributed by atoms with E-state index in [9.17, 15) is 18.4 Å². The zero-order valence-electron chi connectivity index (χ0n) is 22.7. The molecule has 1 aliphatic heterocycles. The lowest BCUT2D eigenvalue weighted by atomic mass is 9.99. The SMILES string of the molecule is COc1cc2c(cc1NC(=S)Nc1ccc(F)cc1)CCC(C(=O)OC(C)(C)C)C(=O)N2Cc1cccc(F)c1. The van der Waals surface area contributed by atoms with Crippen molar-refractivity contribution in [2.45, 2.75) is 45.8 Å². The predicted octanol–water partition coefficient (Wildman–Crippen LogP) is 6.22. The second kappa shape index (κ2) is 12.0. The van der Waals surface area contributed by atoms with Crippen molar-refractivity contribution in [2.75, 3.05) is 22.6 Å². The van der Waals surface area contributed by atoms with Gasteiger partial charge in [0.2, 0.25) is 5.91 Å². The Hall–Kier alpha value is -4.05. The first kappa shape index (κ1) is 28.9. The summed E-state index contributed by atoms with van der Waals surface area (Å²) in [6.07, 6.45) is 0.617. The molecule has 210 valence electrons. The molecular formula is C30H31F2N3O4S. The molecule has 1 amide bonds. The molecule has 40 heavy (non-hydrogen) atoms. The molecule has 3 aromatic carbocycles. The van der Waals surface area contributed by atoms with Gasteiger partial charge in [-0.25, -0.2) is 8.78 Å². The van der Waals surface area contributed by atoms with Gasteiger partial charge in [-0.2, -0.15) is 0 Å². The fraction of sp³-hybridized carbons (Fsp3) is 0.300. The van der Waals surface area contributed by atoms with Crippen LogP contribution in [0, 0.1) is 17.6 Å². The summed E-state index contributed by atoms with van der Waals surface area (Å²) in [5.74, 6) is -2.47. The van der Waals surface area contributed by atoms with Crippen molar-refractivity contribution >= 4 is 46.3 Å². The average Bonchev–Trinajstić information content (AvgIpc) is 3.00. The number of esters is 1. The number of carbonyl (C=O) groups is 2. The quantitative estimate of drug-likeness (QED) is 0.208. The number of nitrogens with one attached hydrogen (secondary N) is 2. The molecule has 0 aliphatic carbocycles. The molecule has 0 saturated heterocycles. The van der Waals surface area contributed by atoms with Crippen LogP contribution < -0.4 is 20.3 Å². The lowest BCUT2D eigenvalue weighted by Gasteiger charge is -2.28. The van der Waals surface area contributed by atoms with E-state index in [1.165, 1.54) is 36.3 Å². The van der Waals surface area contributed by atoms with Crippen LogP contribution in [0.2, 0.25) is 0 Å². The van der Waals surface area contributed by atoms with E-state index in [4.69, 9.17) is 21.7 Å². The van der Waals surface area contributed by atoms with Crippen LogP contribution in [-0.4, -0.2) is 29.7 Å². The largest absolute Gasteiger partial charge is 0.494 e. The molecule has 10 heteroatoms. The van der Waals surface area contributed by atoms with Crippen LogP contribution in [0.5, 0.6) is 5.75 Å². The van der Waals surface area contributed by atoms with E-state index in [0.29, 0.717) is 34.8 Å². The zero-order chi connectivity index (χ0) is 29.0. The van der Waals surface area contributed by atoms with Crippen molar-refractivity contribution in [3.63, 3.8) is 0 Å². The predicted molar refractivity (Wildman–Crippen MR) is 154 cm³/mol. The third-order valence-corrected chi connectivity index (χ3v) is 6.43. The zero-order valence-corrected chi connectivity index (χ0v) is 23.5. The Balaban J connectivity index is 1.69. The number of rotatable bonds is 6. The maximum atomic E-state index is 14.0. The minimum absolute atomic E-state index is 0.0450. The number of anilines is 3. The molecule has 1 atom stereocenters.